The summed E-state index contributed by atoms with van der Waals surface area (Å²) in [7, 11) is 1.31. The summed E-state index contributed by atoms with van der Waals surface area (Å²) in [5, 5.41) is 10.0. The normalized spacial score (nSPS) is 27.0. The fraction of sp³-hybridized carbons (Fsp3) is 0.750. The lowest BCUT2D eigenvalue weighted by Gasteiger charge is -2.23. The highest BCUT2D eigenvalue weighted by molar-refractivity contribution is 5.81. The van der Waals surface area contributed by atoms with E-state index in [9.17, 15) is 9.90 Å². The predicted octanol–water partition coefficient (Wildman–Crippen LogP) is 0.864. The topological polar surface area (TPSA) is 65.0 Å². The monoisotopic (exact) mass is 244 g/mol. The molecule has 1 aliphatic heterocycles. The van der Waals surface area contributed by atoms with E-state index in [-0.39, 0.29) is 12.0 Å². The molecule has 98 valence electrons. The lowest BCUT2D eigenvalue weighted by molar-refractivity contribution is -0.153. The molecule has 0 aromatic heterocycles. The van der Waals surface area contributed by atoms with Crippen LogP contribution in [-0.4, -0.2) is 42.8 Å². The zero-order valence-corrected chi connectivity index (χ0v) is 10.7. The Morgan fingerprint density at radius 3 is 2.71 bits per heavy atom. The molecule has 3 atom stereocenters. The Hall–Kier alpha value is -0.910. The van der Waals surface area contributed by atoms with E-state index in [1.165, 1.54) is 13.2 Å². The third-order valence-corrected chi connectivity index (χ3v) is 2.69. The Labute approximate surface area is 101 Å². The van der Waals surface area contributed by atoms with Crippen LogP contribution in [0.3, 0.4) is 0 Å². The van der Waals surface area contributed by atoms with Gasteiger partial charge in [-0.1, -0.05) is 13.0 Å². The standard InChI is InChI=1S/C12H20O5/c1-8(5-6-10(13)15-4)11(14)9-7-16-12(2,3)17-9/h5-6,8-9,11,14H,7H2,1-4H3/b6-5+/t8-,9-,11+/m0/s1. The Morgan fingerprint density at radius 2 is 2.24 bits per heavy atom. The van der Waals surface area contributed by atoms with Crippen molar-refractivity contribution >= 4 is 5.97 Å². The van der Waals surface area contributed by atoms with Crippen LogP contribution < -0.4 is 0 Å². The van der Waals surface area contributed by atoms with Gasteiger partial charge >= 0.3 is 5.97 Å². The number of aliphatic hydroxyl groups is 1. The molecule has 1 aliphatic rings. The third-order valence-electron chi connectivity index (χ3n) is 2.69. The molecule has 0 aromatic rings. The van der Waals surface area contributed by atoms with E-state index in [1.54, 1.807) is 26.8 Å². The number of esters is 1. The van der Waals surface area contributed by atoms with Crippen molar-refractivity contribution in [2.24, 2.45) is 5.92 Å². The van der Waals surface area contributed by atoms with E-state index in [2.05, 4.69) is 4.74 Å². The average molecular weight is 244 g/mol. The van der Waals surface area contributed by atoms with Crippen LogP contribution in [0.25, 0.3) is 0 Å². The summed E-state index contributed by atoms with van der Waals surface area (Å²) in [4.78, 5) is 10.9. The zero-order chi connectivity index (χ0) is 13.1. The number of rotatable bonds is 4. The van der Waals surface area contributed by atoms with Gasteiger partial charge in [0.1, 0.15) is 6.10 Å². The lowest BCUT2D eigenvalue weighted by Crippen LogP contribution is -2.34. The summed E-state index contributed by atoms with van der Waals surface area (Å²) in [5.41, 5.74) is 0. The van der Waals surface area contributed by atoms with Crippen molar-refractivity contribution in [1.82, 2.24) is 0 Å². The van der Waals surface area contributed by atoms with Gasteiger partial charge in [-0.3, -0.25) is 0 Å². The zero-order valence-electron chi connectivity index (χ0n) is 10.7. The van der Waals surface area contributed by atoms with Gasteiger partial charge in [0.2, 0.25) is 0 Å². The molecule has 0 unspecified atom stereocenters. The molecule has 1 fully saturated rings. The van der Waals surface area contributed by atoms with Gasteiger partial charge in [0.25, 0.3) is 0 Å². The Kier molecular flexibility index (Phi) is 4.68. The highest BCUT2D eigenvalue weighted by atomic mass is 16.7. The van der Waals surface area contributed by atoms with Gasteiger partial charge in [0, 0.05) is 12.0 Å². The Balaban J connectivity index is 2.50. The first kappa shape index (κ1) is 14.2. The van der Waals surface area contributed by atoms with Gasteiger partial charge in [0.15, 0.2) is 5.79 Å². The first-order valence-electron chi connectivity index (χ1n) is 5.61. The van der Waals surface area contributed by atoms with E-state index in [4.69, 9.17) is 9.47 Å². The molecule has 0 saturated carbocycles. The quantitative estimate of drug-likeness (QED) is 0.587. The summed E-state index contributed by atoms with van der Waals surface area (Å²) in [6, 6.07) is 0. The minimum atomic E-state index is -0.710. The van der Waals surface area contributed by atoms with Crippen LogP contribution in [0.5, 0.6) is 0 Å². The smallest absolute Gasteiger partial charge is 0.330 e. The fourth-order valence-corrected chi connectivity index (χ4v) is 1.63. The van der Waals surface area contributed by atoms with Crippen molar-refractivity contribution in [3.05, 3.63) is 12.2 Å². The van der Waals surface area contributed by atoms with Crippen molar-refractivity contribution in [2.75, 3.05) is 13.7 Å². The molecule has 0 bridgehead atoms. The van der Waals surface area contributed by atoms with Crippen molar-refractivity contribution in [3.8, 4) is 0 Å². The third kappa shape index (κ3) is 4.11. The molecule has 1 N–H and O–H groups in total. The lowest BCUT2D eigenvalue weighted by atomic mass is 9.99. The number of hydrogen-bond donors (Lipinski definition) is 1. The van der Waals surface area contributed by atoms with Crippen LogP contribution in [0.15, 0.2) is 12.2 Å². The summed E-state index contributed by atoms with van der Waals surface area (Å²) in [5.74, 6) is -1.30. The molecular weight excluding hydrogens is 224 g/mol. The molecule has 0 aliphatic carbocycles. The van der Waals surface area contributed by atoms with Gasteiger partial charge in [-0.15, -0.1) is 0 Å². The van der Waals surface area contributed by atoms with Crippen molar-refractivity contribution in [1.29, 1.82) is 0 Å². The van der Waals surface area contributed by atoms with E-state index in [0.29, 0.717) is 6.61 Å². The van der Waals surface area contributed by atoms with E-state index in [1.807, 2.05) is 0 Å². The number of hydrogen-bond acceptors (Lipinski definition) is 5. The minimum absolute atomic E-state index is 0.211. The van der Waals surface area contributed by atoms with Crippen LogP contribution in [0.1, 0.15) is 20.8 Å². The van der Waals surface area contributed by atoms with Gasteiger partial charge < -0.3 is 19.3 Å². The number of methoxy groups -OCH3 is 1. The van der Waals surface area contributed by atoms with Crippen LogP contribution in [-0.2, 0) is 19.0 Å². The molecule has 1 saturated heterocycles. The molecule has 0 aromatic carbocycles. The summed E-state index contributed by atoms with van der Waals surface area (Å²) in [6.45, 7) is 5.76. The molecule has 5 nitrogen and oxygen atoms in total. The highest BCUT2D eigenvalue weighted by Crippen LogP contribution is 2.26. The first-order chi connectivity index (χ1) is 7.85. The van der Waals surface area contributed by atoms with E-state index in [0.717, 1.165) is 0 Å². The second kappa shape index (κ2) is 5.62. The number of carbonyl (C=O) groups is 1. The Bertz CT molecular complexity index is 297. The fourth-order valence-electron chi connectivity index (χ4n) is 1.63. The largest absolute Gasteiger partial charge is 0.466 e. The van der Waals surface area contributed by atoms with Crippen molar-refractivity contribution < 1.29 is 24.1 Å². The molecule has 17 heavy (non-hydrogen) atoms. The maximum atomic E-state index is 10.9. The molecule has 1 rings (SSSR count). The molecule has 5 heteroatoms. The molecule has 0 amide bonds. The van der Waals surface area contributed by atoms with E-state index < -0.39 is 17.9 Å². The summed E-state index contributed by atoms with van der Waals surface area (Å²) < 4.78 is 15.4. The minimum Gasteiger partial charge on any atom is -0.466 e. The molecule has 0 radical (unpaired) electrons. The molecule has 1 heterocycles. The second-order valence-electron chi connectivity index (χ2n) is 4.60. The Morgan fingerprint density at radius 1 is 1.59 bits per heavy atom. The van der Waals surface area contributed by atoms with Gasteiger partial charge in [-0.2, -0.15) is 0 Å². The summed E-state index contributed by atoms with van der Waals surface area (Å²) in [6.07, 6.45) is 1.82. The first-order valence-corrected chi connectivity index (χ1v) is 5.61. The van der Waals surface area contributed by atoms with E-state index >= 15 is 0 Å². The molecule has 0 spiro atoms. The number of ether oxygens (including phenoxy) is 3. The average Bonchev–Trinajstić information content (AvgIpc) is 2.64. The number of aliphatic hydroxyl groups excluding tert-OH is 1. The van der Waals surface area contributed by atoms with Crippen molar-refractivity contribution in [2.45, 2.75) is 38.8 Å². The van der Waals surface area contributed by atoms with Gasteiger partial charge in [0.05, 0.1) is 19.8 Å². The maximum absolute atomic E-state index is 10.9. The second-order valence-corrected chi connectivity index (χ2v) is 4.60. The predicted molar refractivity (Wildman–Crippen MR) is 61.2 cm³/mol. The van der Waals surface area contributed by atoms with Crippen LogP contribution in [0.2, 0.25) is 0 Å². The maximum Gasteiger partial charge on any atom is 0.330 e. The van der Waals surface area contributed by atoms with Gasteiger partial charge in [-0.05, 0) is 13.8 Å². The van der Waals surface area contributed by atoms with Crippen LogP contribution >= 0.6 is 0 Å². The van der Waals surface area contributed by atoms with Crippen LogP contribution in [0, 0.1) is 5.92 Å². The van der Waals surface area contributed by atoms with Crippen LogP contribution in [0.4, 0.5) is 0 Å². The van der Waals surface area contributed by atoms with Crippen molar-refractivity contribution in [3.63, 3.8) is 0 Å². The summed E-state index contributed by atoms with van der Waals surface area (Å²) >= 11 is 0. The highest BCUT2D eigenvalue weighted by Gasteiger charge is 2.38. The SMILES string of the molecule is COC(=O)/C=C/[C@H](C)[C@@H](O)[C@@H]1COC(C)(C)O1. The van der Waals surface area contributed by atoms with Gasteiger partial charge in [-0.25, -0.2) is 4.79 Å². The molecular formula is C12H20O5. The number of carbonyl (C=O) groups excluding carboxylic acids is 1.